The second-order valence-electron chi connectivity index (χ2n) is 3.69. The monoisotopic (exact) mass is 248 g/mol. The number of allylic oxidation sites excluding steroid dienone is 1. The third kappa shape index (κ3) is 4.01. The van der Waals surface area contributed by atoms with E-state index in [1.165, 1.54) is 12.1 Å². The maximum absolute atomic E-state index is 10.9. The summed E-state index contributed by atoms with van der Waals surface area (Å²) in [7, 11) is 2.96. The van der Waals surface area contributed by atoms with Gasteiger partial charge in [0.15, 0.2) is 0 Å². The minimum atomic E-state index is -0.272. The number of hydrogen-bond acceptors (Lipinski definition) is 4. The van der Waals surface area contributed by atoms with Crippen LogP contribution in [-0.2, 0) is 16.0 Å². The van der Waals surface area contributed by atoms with Gasteiger partial charge in [-0.1, -0.05) is 30.4 Å². The summed E-state index contributed by atoms with van der Waals surface area (Å²) < 4.78 is 4.53. The zero-order valence-corrected chi connectivity index (χ0v) is 10.5. The first kappa shape index (κ1) is 13.9. The highest BCUT2D eigenvalue weighted by Gasteiger charge is 2.05. The van der Waals surface area contributed by atoms with E-state index in [1.54, 1.807) is 13.1 Å². The lowest BCUT2D eigenvalue weighted by molar-refractivity contribution is -0.139. The molecule has 1 rings (SSSR count). The molecule has 96 valence electrons. The van der Waals surface area contributed by atoms with Gasteiger partial charge in [-0.25, -0.2) is 5.01 Å². The zero-order chi connectivity index (χ0) is 13.4. The van der Waals surface area contributed by atoms with Crippen molar-refractivity contribution >= 4 is 11.7 Å². The molecule has 18 heavy (non-hydrogen) atoms. The van der Waals surface area contributed by atoms with Gasteiger partial charge in [-0.2, -0.15) is 0 Å². The minimum absolute atomic E-state index is 0.250. The van der Waals surface area contributed by atoms with Crippen LogP contribution in [0.1, 0.15) is 12.0 Å². The molecule has 0 radical (unpaired) electrons. The third-order valence-corrected chi connectivity index (χ3v) is 2.48. The molecule has 0 unspecified atom stereocenters. The standard InChI is InChI=1S/C13H16N2O3/c1-15(14-17)12-9-5-3-7-11(12)8-4-6-10-13(16)18-2/h3-7,9H,8,10H2,1-2H3/b6-4+. The lowest BCUT2D eigenvalue weighted by Crippen LogP contribution is -2.09. The molecule has 0 aliphatic rings. The van der Waals surface area contributed by atoms with Crippen molar-refractivity contribution in [1.82, 2.24) is 0 Å². The van der Waals surface area contributed by atoms with E-state index in [9.17, 15) is 9.70 Å². The van der Waals surface area contributed by atoms with E-state index >= 15 is 0 Å². The van der Waals surface area contributed by atoms with Crippen molar-refractivity contribution in [3.63, 3.8) is 0 Å². The number of ether oxygens (including phenoxy) is 1. The first-order valence-corrected chi connectivity index (χ1v) is 5.55. The van der Waals surface area contributed by atoms with Gasteiger partial charge in [0, 0.05) is 7.05 Å². The van der Waals surface area contributed by atoms with Crippen molar-refractivity contribution in [3.8, 4) is 0 Å². The minimum Gasteiger partial charge on any atom is -0.469 e. The van der Waals surface area contributed by atoms with Gasteiger partial charge in [0.25, 0.3) is 0 Å². The molecule has 0 saturated carbocycles. The lowest BCUT2D eigenvalue weighted by Gasteiger charge is -2.12. The Kier molecular flexibility index (Phi) is 5.57. The average molecular weight is 248 g/mol. The van der Waals surface area contributed by atoms with Crippen molar-refractivity contribution in [2.45, 2.75) is 12.8 Å². The summed E-state index contributed by atoms with van der Waals surface area (Å²) in [5.74, 6) is -0.272. The average Bonchev–Trinajstić information content (AvgIpc) is 2.42. The van der Waals surface area contributed by atoms with Crippen LogP contribution in [0.4, 0.5) is 5.69 Å². The summed E-state index contributed by atoms with van der Waals surface area (Å²) in [6.07, 6.45) is 4.50. The topological polar surface area (TPSA) is 59.0 Å². The second-order valence-corrected chi connectivity index (χ2v) is 3.69. The molecule has 0 bridgehead atoms. The molecule has 0 atom stereocenters. The van der Waals surface area contributed by atoms with Crippen molar-refractivity contribution in [1.29, 1.82) is 0 Å². The van der Waals surface area contributed by atoms with Crippen LogP contribution in [0.15, 0.2) is 41.7 Å². The summed E-state index contributed by atoms with van der Waals surface area (Å²) in [4.78, 5) is 21.4. The predicted molar refractivity (Wildman–Crippen MR) is 70.1 cm³/mol. The summed E-state index contributed by atoms with van der Waals surface area (Å²) in [5.41, 5.74) is 1.73. The van der Waals surface area contributed by atoms with Gasteiger partial charge in [-0.05, 0) is 18.1 Å². The number of carbonyl (C=O) groups excluding carboxylic acids is 1. The Morgan fingerprint density at radius 3 is 2.78 bits per heavy atom. The van der Waals surface area contributed by atoms with Crippen LogP contribution < -0.4 is 5.01 Å². The number of nitroso groups, excluding NO2 is 1. The molecule has 1 aromatic rings. The number of para-hydroxylation sites is 1. The highest BCUT2D eigenvalue weighted by atomic mass is 16.5. The number of hydrogen-bond donors (Lipinski definition) is 0. The molecule has 0 aromatic heterocycles. The Morgan fingerprint density at radius 2 is 2.11 bits per heavy atom. The highest BCUT2D eigenvalue weighted by Crippen LogP contribution is 2.20. The van der Waals surface area contributed by atoms with Gasteiger partial charge in [0.1, 0.15) is 0 Å². The lowest BCUT2D eigenvalue weighted by atomic mass is 10.1. The van der Waals surface area contributed by atoms with Crippen LogP contribution in [0.2, 0.25) is 0 Å². The summed E-state index contributed by atoms with van der Waals surface area (Å²) >= 11 is 0. The quantitative estimate of drug-likeness (QED) is 0.336. The van der Waals surface area contributed by atoms with E-state index in [1.807, 2.05) is 30.3 Å². The molecule has 0 aliphatic carbocycles. The Hall–Kier alpha value is -2.17. The van der Waals surface area contributed by atoms with Gasteiger partial charge < -0.3 is 4.74 Å². The van der Waals surface area contributed by atoms with Gasteiger partial charge in [0.2, 0.25) is 0 Å². The van der Waals surface area contributed by atoms with E-state index < -0.39 is 0 Å². The number of anilines is 1. The molecule has 0 saturated heterocycles. The predicted octanol–water partition coefficient (Wildman–Crippen LogP) is 2.47. The normalized spacial score (nSPS) is 10.3. The van der Waals surface area contributed by atoms with Crippen molar-refractivity contribution < 1.29 is 9.53 Å². The number of carbonyl (C=O) groups is 1. The summed E-state index contributed by atoms with van der Waals surface area (Å²) in [6.45, 7) is 0. The third-order valence-electron chi connectivity index (χ3n) is 2.48. The molecule has 0 spiro atoms. The van der Waals surface area contributed by atoms with Crippen molar-refractivity contribution in [2.75, 3.05) is 19.2 Å². The van der Waals surface area contributed by atoms with Crippen molar-refractivity contribution in [2.24, 2.45) is 5.29 Å². The molecular formula is C13H16N2O3. The van der Waals surface area contributed by atoms with Crippen LogP contribution in [0, 0.1) is 4.91 Å². The molecule has 0 aliphatic heterocycles. The smallest absolute Gasteiger partial charge is 0.309 e. The largest absolute Gasteiger partial charge is 0.469 e. The summed E-state index contributed by atoms with van der Waals surface area (Å²) in [6, 6.07) is 7.48. The van der Waals surface area contributed by atoms with Gasteiger partial charge >= 0.3 is 5.97 Å². The Balaban J connectivity index is 2.67. The van der Waals surface area contributed by atoms with Gasteiger partial charge in [0.05, 0.1) is 24.5 Å². The second kappa shape index (κ2) is 7.21. The fourth-order valence-electron chi connectivity index (χ4n) is 1.52. The molecule has 0 heterocycles. The van der Waals surface area contributed by atoms with Gasteiger partial charge in [-0.15, -0.1) is 4.91 Å². The number of rotatable bonds is 6. The fraction of sp³-hybridized carbons (Fsp3) is 0.308. The Bertz CT molecular complexity index is 444. The van der Waals surface area contributed by atoms with Crippen LogP contribution in [0.25, 0.3) is 0 Å². The number of nitrogens with zero attached hydrogens (tertiary/aromatic N) is 2. The first-order chi connectivity index (χ1) is 8.69. The Morgan fingerprint density at radius 1 is 1.39 bits per heavy atom. The molecular weight excluding hydrogens is 232 g/mol. The molecule has 0 N–H and O–H groups in total. The van der Waals surface area contributed by atoms with Crippen LogP contribution in [-0.4, -0.2) is 20.1 Å². The zero-order valence-electron chi connectivity index (χ0n) is 10.5. The van der Waals surface area contributed by atoms with E-state index in [2.05, 4.69) is 10.0 Å². The highest BCUT2D eigenvalue weighted by molar-refractivity contribution is 5.70. The fourth-order valence-corrected chi connectivity index (χ4v) is 1.52. The van der Waals surface area contributed by atoms with Crippen LogP contribution >= 0.6 is 0 Å². The Labute approximate surface area is 106 Å². The van der Waals surface area contributed by atoms with E-state index in [-0.39, 0.29) is 12.4 Å². The van der Waals surface area contributed by atoms with Crippen LogP contribution in [0.5, 0.6) is 0 Å². The number of benzene rings is 1. The molecule has 0 fully saturated rings. The van der Waals surface area contributed by atoms with E-state index in [0.717, 1.165) is 11.3 Å². The maximum Gasteiger partial charge on any atom is 0.309 e. The first-order valence-electron chi connectivity index (χ1n) is 5.55. The van der Waals surface area contributed by atoms with Crippen molar-refractivity contribution in [3.05, 3.63) is 46.9 Å². The van der Waals surface area contributed by atoms with Crippen LogP contribution in [0.3, 0.4) is 0 Å². The number of methoxy groups -OCH3 is 1. The van der Waals surface area contributed by atoms with E-state index in [0.29, 0.717) is 6.42 Å². The SMILES string of the molecule is COC(=O)C/C=C/Cc1ccccc1N(C)N=O. The molecule has 1 aromatic carbocycles. The van der Waals surface area contributed by atoms with Gasteiger partial charge in [-0.3, -0.25) is 4.79 Å². The molecule has 5 heteroatoms. The molecule has 5 nitrogen and oxygen atoms in total. The number of esters is 1. The summed E-state index contributed by atoms with van der Waals surface area (Å²) in [5, 5.41) is 4.16. The maximum atomic E-state index is 10.9. The molecule has 0 amide bonds. The van der Waals surface area contributed by atoms with E-state index in [4.69, 9.17) is 0 Å².